The molecule has 0 saturated heterocycles. The van der Waals surface area contributed by atoms with Crippen LogP contribution in [0, 0.1) is 6.92 Å². The molecule has 0 aliphatic carbocycles. The Bertz CT molecular complexity index is 3440. The van der Waals surface area contributed by atoms with Crippen molar-refractivity contribution in [3.8, 4) is 0 Å². The smallest absolute Gasteiger partial charge is 0.390 e. The van der Waals surface area contributed by atoms with E-state index in [0.29, 0.717) is 0 Å². The fraction of sp³-hybridized carbons (Fsp3) is 0.118. The standard InChI is InChI=1S/C76H75O4Si5/c1-2-3-4-5-6-7-8-42-65-81(66-43-20-9-21-44-66,67-45-22-10-23-46-67)77-83(71-53-30-14-31-54-71,72-55-32-15-33-56-72)79-85(75-61-38-18-39-62-75,76-63-40-19-41-64-76)80-84(73-57-34-16-35-58-73,74-59-36-17-37-60-74)78-82(68-47-24-11-25-48-68,69-49-26-12-27-50-69)70-51-28-13-29-52-70/h9-41,43-64H,1-8,42,65H2. The maximum Gasteiger partial charge on any atom is 0.390 e. The van der Waals surface area contributed by atoms with E-state index in [1.54, 1.807) is 0 Å². The summed E-state index contributed by atoms with van der Waals surface area (Å²) in [7, 11) is -20.0. The normalized spacial score (nSPS) is 12.2. The first-order valence-corrected chi connectivity index (χ1v) is 39.7. The molecule has 0 spiro atoms. The van der Waals surface area contributed by atoms with Crippen LogP contribution in [0.3, 0.4) is 0 Å². The highest BCUT2D eigenvalue weighted by atomic mass is 28.5. The molecule has 0 saturated carbocycles. The molecule has 11 aromatic rings. The summed E-state index contributed by atoms with van der Waals surface area (Å²) in [5, 5.41) is 11.5. The Kier molecular flexibility index (Phi) is 19.8. The summed E-state index contributed by atoms with van der Waals surface area (Å²) in [5.41, 5.74) is 0. The molecule has 0 heterocycles. The van der Waals surface area contributed by atoms with Crippen LogP contribution in [0.15, 0.2) is 334 Å². The zero-order chi connectivity index (χ0) is 57.9. The molecule has 0 bridgehead atoms. The number of hydrogen-bond donors (Lipinski definition) is 0. The summed E-state index contributed by atoms with van der Waals surface area (Å²) in [6.07, 6.45) is 9.10. The van der Waals surface area contributed by atoms with Gasteiger partial charge in [-0.3, -0.25) is 0 Å². The van der Waals surface area contributed by atoms with Gasteiger partial charge < -0.3 is 16.5 Å². The predicted molar refractivity (Wildman–Crippen MR) is 367 cm³/mol. The summed E-state index contributed by atoms with van der Waals surface area (Å²) >= 11 is 0. The molecular formula is C76H75O4Si5. The van der Waals surface area contributed by atoms with Crippen molar-refractivity contribution in [2.24, 2.45) is 0 Å². The first-order chi connectivity index (χ1) is 42.0. The van der Waals surface area contributed by atoms with E-state index in [4.69, 9.17) is 8.23 Å². The molecule has 9 heteroatoms. The van der Waals surface area contributed by atoms with Gasteiger partial charge in [0, 0.05) is 0 Å². The minimum Gasteiger partial charge on any atom is -0.422 e. The number of unbranched alkanes of at least 4 members (excludes halogenated alkanes) is 7. The Hall–Kier alpha value is -7.66. The summed E-state index contributed by atoms with van der Waals surface area (Å²) in [6, 6.07) is 121. The Labute approximate surface area is 510 Å². The van der Waals surface area contributed by atoms with E-state index in [1.165, 1.54) is 42.5 Å². The molecule has 0 aliphatic rings. The molecule has 423 valence electrons. The molecule has 0 N–H and O–H groups in total. The lowest BCUT2D eigenvalue weighted by atomic mass is 10.1. The number of rotatable bonds is 28. The fourth-order valence-corrected chi connectivity index (χ4v) is 40.1. The van der Waals surface area contributed by atoms with Crippen LogP contribution >= 0.6 is 0 Å². The van der Waals surface area contributed by atoms with Crippen molar-refractivity contribution in [3.63, 3.8) is 0 Å². The maximum atomic E-state index is 9.21. The minimum atomic E-state index is -4.40. The van der Waals surface area contributed by atoms with Crippen molar-refractivity contribution in [3.05, 3.63) is 341 Å². The minimum absolute atomic E-state index is 0.846. The largest absolute Gasteiger partial charge is 0.422 e. The van der Waals surface area contributed by atoms with Crippen LogP contribution in [0.4, 0.5) is 0 Å². The Morgan fingerprint density at radius 3 is 0.659 bits per heavy atom. The van der Waals surface area contributed by atoms with Crippen LogP contribution in [-0.2, 0) is 16.5 Å². The third-order valence-electron chi connectivity index (χ3n) is 16.4. The van der Waals surface area contributed by atoms with Gasteiger partial charge in [-0.2, -0.15) is 0 Å². The van der Waals surface area contributed by atoms with Gasteiger partial charge in [-0.25, -0.2) is 0 Å². The van der Waals surface area contributed by atoms with E-state index in [9.17, 15) is 8.23 Å². The van der Waals surface area contributed by atoms with Crippen molar-refractivity contribution in [2.45, 2.75) is 57.4 Å². The molecule has 1 radical (unpaired) electrons. The summed E-state index contributed by atoms with van der Waals surface area (Å²) in [5.74, 6) is 0. The van der Waals surface area contributed by atoms with E-state index in [1.807, 2.05) is 0 Å². The summed E-state index contributed by atoms with van der Waals surface area (Å²) in [4.78, 5) is 0. The molecule has 85 heavy (non-hydrogen) atoms. The van der Waals surface area contributed by atoms with Crippen LogP contribution < -0.4 is 57.1 Å². The van der Waals surface area contributed by atoms with Gasteiger partial charge in [0.15, 0.2) is 0 Å². The summed E-state index contributed by atoms with van der Waals surface area (Å²) in [6.45, 7) is 4.12. The molecule has 11 rings (SSSR count). The Balaban J connectivity index is 1.25. The molecular weight excluding hydrogens is 1120 g/mol. The highest BCUT2D eigenvalue weighted by Gasteiger charge is 2.64. The first kappa shape index (κ1) is 59.1. The van der Waals surface area contributed by atoms with E-state index >= 15 is 0 Å². The van der Waals surface area contributed by atoms with Gasteiger partial charge in [-0.1, -0.05) is 392 Å². The van der Waals surface area contributed by atoms with Crippen molar-refractivity contribution in [2.75, 3.05) is 0 Å². The topological polar surface area (TPSA) is 36.9 Å². The molecule has 0 amide bonds. The van der Waals surface area contributed by atoms with Gasteiger partial charge in [0.25, 0.3) is 8.32 Å². The van der Waals surface area contributed by atoms with Crippen LogP contribution in [0.5, 0.6) is 0 Å². The van der Waals surface area contributed by atoms with Gasteiger partial charge in [-0.15, -0.1) is 0 Å². The van der Waals surface area contributed by atoms with Crippen LogP contribution in [-0.4, -0.2) is 42.3 Å². The second-order valence-corrected chi connectivity index (χ2v) is 38.7. The average Bonchev–Trinajstić information content (AvgIpc) is 1.21. The molecule has 0 fully saturated rings. The Morgan fingerprint density at radius 1 is 0.200 bits per heavy atom. The van der Waals surface area contributed by atoms with E-state index in [2.05, 4.69) is 341 Å². The lowest BCUT2D eigenvalue weighted by Gasteiger charge is -2.50. The average molecular weight is 1190 g/mol. The molecule has 0 atom stereocenters. The molecule has 4 nitrogen and oxygen atoms in total. The van der Waals surface area contributed by atoms with Crippen LogP contribution in [0.1, 0.15) is 51.4 Å². The van der Waals surface area contributed by atoms with Crippen LogP contribution in [0.25, 0.3) is 0 Å². The van der Waals surface area contributed by atoms with Crippen LogP contribution in [0.2, 0.25) is 6.04 Å². The highest BCUT2D eigenvalue weighted by Crippen LogP contribution is 2.31. The van der Waals surface area contributed by atoms with Gasteiger partial charge in [0.2, 0.25) is 8.32 Å². The fourth-order valence-electron chi connectivity index (χ4n) is 12.2. The predicted octanol–water partition coefficient (Wildman–Crippen LogP) is 11.2. The lowest BCUT2D eigenvalue weighted by molar-refractivity contribution is 0.329. The monoisotopic (exact) mass is 1190 g/mol. The van der Waals surface area contributed by atoms with E-state index in [-0.39, 0.29) is 0 Å². The summed E-state index contributed by atoms with van der Waals surface area (Å²) < 4.78 is 36.5. The van der Waals surface area contributed by atoms with Gasteiger partial charge in [0.1, 0.15) is 0 Å². The second kappa shape index (κ2) is 28.5. The zero-order valence-corrected chi connectivity index (χ0v) is 53.5. The van der Waals surface area contributed by atoms with E-state index < -0.39 is 42.3 Å². The lowest BCUT2D eigenvalue weighted by Crippen LogP contribution is -2.85. The van der Waals surface area contributed by atoms with Crippen molar-refractivity contribution in [1.82, 2.24) is 0 Å². The van der Waals surface area contributed by atoms with Gasteiger partial charge >= 0.3 is 25.7 Å². The SMILES string of the molecule is [CH2]CCCCCCCCC[Si](O[Si](O[Si](O[Si](O[Si](c1ccccc1)(c1ccccc1)c1ccccc1)(c1ccccc1)c1ccccc1)(c1ccccc1)c1ccccc1)(c1ccccc1)c1ccccc1)(c1ccccc1)c1ccccc1. The first-order valence-electron chi connectivity index (χ1n) is 30.3. The molecule has 0 unspecified atom stereocenters. The molecule has 0 aromatic heterocycles. The molecule has 0 aliphatic heterocycles. The second-order valence-electron chi connectivity index (χ2n) is 21.9. The number of hydrogen-bond acceptors (Lipinski definition) is 4. The highest BCUT2D eigenvalue weighted by molar-refractivity contribution is 7.17. The number of benzene rings is 11. The third kappa shape index (κ3) is 12.8. The van der Waals surface area contributed by atoms with Crippen molar-refractivity contribution < 1.29 is 16.5 Å². The zero-order valence-electron chi connectivity index (χ0n) is 48.5. The molecule has 11 aromatic carbocycles. The quantitative estimate of drug-likeness (QED) is 0.0278. The van der Waals surface area contributed by atoms with Gasteiger partial charge in [-0.05, 0) is 63.1 Å². The van der Waals surface area contributed by atoms with Crippen molar-refractivity contribution in [1.29, 1.82) is 0 Å². The third-order valence-corrected chi connectivity index (χ3v) is 39.5. The van der Waals surface area contributed by atoms with Crippen molar-refractivity contribution >= 4 is 99.4 Å². The Morgan fingerprint density at radius 2 is 0.400 bits per heavy atom. The van der Waals surface area contributed by atoms with Gasteiger partial charge in [0.05, 0.1) is 0 Å². The maximum absolute atomic E-state index is 9.21. The van der Waals surface area contributed by atoms with E-state index in [0.717, 1.165) is 72.0 Å².